The standard InChI is InChI=1S/C14H15NO2S/c16-18(17)15(11-13-7-3-1-4-8-13)12-14-9-5-2-6-10-14/h1-10H,11-12H2,(H,16,17)/p-1. The maximum atomic E-state index is 11.2. The predicted octanol–water partition coefficient (Wildman–Crippen LogP) is 2.48. The van der Waals surface area contributed by atoms with E-state index in [1.165, 1.54) is 4.31 Å². The highest BCUT2D eigenvalue weighted by Crippen LogP contribution is 2.11. The van der Waals surface area contributed by atoms with Gasteiger partial charge in [-0.1, -0.05) is 60.7 Å². The molecular weight excluding hydrogens is 246 g/mol. The van der Waals surface area contributed by atoms with Crippen molar-refractivity contribution in [3.05, 3.63) is 71.8 Å². The summed E-state index contributed by atoms with van der Waals surface area (Å²) in [5.74, 6) is 0. The van der Waals surface area contributed by atoms with Gasteiger partial charge < -0.3 is 4.55 Å². The Kier molecular flexibility index (Phi) is 4.64. The molecule has 2 aromatic rings. The maximum Gasteiger partial charge on any atom is 0.0357 e. The van der Waals surface area contributed by atoms with Crippen molar-refractivity contribution in [2.24, 2.45) is 0 Å². The quantitative estimate of drug-likeness (QED) is 0.775. The number of rotatable bonds is 5. The van der Waals surface area contributed by atoms with Gasteiger partial charge in [0.05, 0.1) is 0 Å². The van der Waals surface area contributed by atoms with Gasteiger partial charge >= 0.3 is 0 Å². The fourth-order valence-corrected chi connectivity index (χ4v) is 2.24. The predicted molar refractivity (Wildman–Crippen MR) is 71.1 cm³/mol. The van der Waals surface area contributed by atoms with Crippen molar-refractivity contribution in [1.29, 1.82) is 0 Å². The van der Waals surface area contributed by atoms with Crippen LogP contribution in [0.25, 0.3) is 0 Å². The van der Waals surface area contributed by atoms with E-state index in [4.69, 9.17) is 0 Å². The maximum absolute atomic E-state index is 11.2. The van der Waals surface area contributed by atoms with Crippen molar-refractivity contribution >= 4 is 11.3 Å². The van der Waals surface area contributed by atoms with Crippen LogP contribution < -0.4 is 0 Å². The molecule has 4 heteroatoms. The van der Waals surface area contributed by atoms with Crippen LogP contribution in [0.15, 0.2) is 60.7 Å². The zero-order valence-corrected chi connectivity index (χ0v) is 10.7. The van der Waals surface area contributed by atoms with Crippen LogP contribution in [0, 0.1) is 0 Å². The Balaban J connectivity index is 2.08. The highest BCUT2D eigenvalue weighted by molar-refractivity contribution is 7.76. The number of nitrogens with zero attached hydrogens (tertiary/aromatic N) is 1. The molecule has 3 nitrogen and oxygen atoms in total. The second-order valence-corrected chi connectivity index (χ2v) is 4.94. The van der Waals surface area contributed by atoms with Crippen molar-refractivity contribution < 1.29 is 8.76 Å². The smallest absolute Gasteiger partial charge is 0.0357 e. The minimum atomic E-state index is -2.22. The minimum Gasteiger partial charge on any atom is -0.760 e. The van der Waals surface area contributed by atoms with Gasteiger partial charge in [0.15, 0.2) is 0 Å². The molecule has 0 N–H and O–H groups in total. The van der Waals surface area contributed by atoms with E-state index < -0.39 is 11.3 Å². The summed E-state index contributed by atoms with van der Waals surface area (Å²) in [6, 6.07) is 19.1. The van der Waals surface area contributed by atoms with E-state index in [0.29, 0.717) is 13.1 Å². The number of hydrogen-bond acceptors (Lipinski definition) is 2. The average molecular weight is 260 g/mol. The van der Waals surface area contributed by atoms with Crippen LogP contribution in [0.3, 0.4) is 0 Å². The molecule has 1 unspecified atom stereocenters. The van der Waals surface area contributed by atoms with Crippen molar-refractivity contribution in [3.8, 4) is 0 Å². The lowest BCUT2D eigenvalue weighted by molar-refractivity contribution is 0.378. The molecule has 0 aliphatic heterocycles. The zero-order valence-electron chi connectivity index (χ0n) is 9.86. The first kappa shape index (κ1) is 13.0. The number of hydrogen-bond donors (Lipinski definition) is 0. The average Bonchev–Trinajstić information content (AvgIpc) is 2.40. The Morgan fingerprint density at radius 3 is 1.56 bits per heavy atom. The van der Waals surface area contributed by atoms with Gasteiger partial charge in [-0.05, 0) is 11.1 Å². The SMILES string of the molecule is O=S([O-])N(Cc1ccccc1)Cc1ccccc1. The molecule has 0 radical (unpaired) electrons. The summed E-state index contributed by atoms with van der Waals surface area (Å²) in [5.41, 5.74) is 1.97. The molecule has 0 bridgehead atoms. The summed E-state index contributed by atoms with van der Waals surface area (Å²) in [5, 5.41) is 0. The van der Waals surface area contributed by atoms with Gasteiger partial charge in [0.25, 0.3) is 0 Å². The molecule has 0 heterocycles. The molecule has 0 aliphatic rings. The molecule has 0 saturated carbocycles. The third-order valence-corrected chi connectivity index (χ3v) is 3.29. The van der Waals surface area contributed by atoms with Gasteiger partial charge in [-0.15, -0.1) is 0 Å². The molecule has 2 rings (SSSR count). The first-order valence-corrected chi connectivity index (χ1v) is 6.71. The van der Waals surface area contributed by atoms with E-state index in [9.17, 15) is 8.76 Å². The Labute approximate surface area is 109 Å². The lowest BCUT2D eigenvalue weighted by Crippen LogP contribution is -2.24. The molecule has 0 saturated heterocycles. The van der Waals surface area contributed by atoms with Crippen molar-refractivity contribution in [2.45, 2.75) is 13.1 Å². The molecule has 0 fully saturated rings. The van der Waals surface area contributed by atoms with Crippen LogP contribution in [0.2, 0.25) is 0 Å². The topological polar surface area (TPSA) is 43.4 Å². The van der Waals surface area contributed by atoms with Gasteiger partial charge in [0, 0.05) is 24.4 Å². The van der Waals surface area contributed by atoms with E-state index in [2.05, 4.69) is 0 Å². The summed E-state index contributed by atoms with van der Waals surface area (Å²) in [7, 11) is 0. The van der Waals surface area contributed by atoms with Gasteiger partial charge in [0.1, 0.15) is 0 Å². The minimum absolute atomic E-state index is 0.395. The Morgan fingerprint density at radius 2 is 1.22 bits per heavy atom. The molecule has 0 spiro atoms. The molecule has 94 valence electrons. The van der Waals surface area contributed by atoms with Gasteiger partial charge in [-0.2, -0.15) is 0 Å². The van der Waals surface area contributed by atoms with Crippen molar-refractivity contribution in [2.75, 3.05) is 0 Å². The van der Waals surface area contributed by atoms with Gasteiger partial charge in [0.2, 0.25) is 0 Å². The Hall–Kier alpha value is -1.49. The van der Waals surface area contributed by atoms with E-state index in [1.54, 1.807) is 0 Å². The highest BCUT2D eigenvalue weighted by Gasteiger charge is 2.07. The lowest BCUT2D eigenvalue weighted by atomic mass is 10.2. The van der Waals surface area contributed by atoms with Gasteiger partial charge in [-0.25, -0.2) is 4.31 Å². The van der Waals surface area contributed by atoms with E-state index in [1.807, 2.05) is 60.7 Å². The van der Waals surface area contributed by atoms with Crippen LogP contribution in [0.1, 0.15) is 11.1 Å². The van der Waals surface area contributed by atoms with Crippen LogP contribution >= 0.6 is 0 Å². The summed E-state index contributed by atoms with van der Waals surface area (Å²) in [6.45, 7) is 0.789. The van der Waals surface area contributed by atoms with Crippen LogP contribution in [0.4, 0.5) is 0 Å². The number of benzene rings is 2. The lowest BCUT2D eigenvalue weighted by Gasteiger charge is -2.24. The third-order valence-electron chi connectivity index (χ3n) is 2.61. The largest absolute Gasteiger partial charge is 0.760 e. The molecule has 0 aliphatic carbocycles. The fourth-order valence-electron chi connectivity index (χ4n) is 1.74. The zero-order chi connectivity index (χ0) is 12.8. The first-order chi connectivity index (χ1) is 8.75. The molecule has 0 amide bonds. The van der Waals surface area contributed by atoms with Crippen molar-refractivity contribution in [1.82, 2.24) is 4.31 Å². The third kappa shape index (κ3) is 3.77. The fraction of sp³-hybridized carbons (Fsp3) is 0.143. The first-order valence-electron chi connectivity index (χ1n) is 5.68. The van der Waals surface area contributed by atoms with Crippen LogP contribution in [0.5, 0.6) is 0 Å². The molecular formula is C14H14NO2S-. The summed E-state index contributed by atoms with van der Waals surface area (Å²) >= 11 is -2.22. The van der Waals surface area contributed by atoms with Crippen LogP contribution in [-0.4, -0.2) is 13.1 Å². The summed E-state index contributed by atoms with van der Waals surface area (Å²) < 4.78 is 23.9. The summed E-state index contributed by atoms with van der Waals surface area (Å²) in [4.78, 5) is 0. The molecule has 0 aromatic heterocycles. The highest BCUT2D eigenvalue weighted by atomic mass is 32.2. The normalized spacial score (nSPS) is 12.6. The van der Waals surface area contributed by atoms with Gasteiger partial charge in [-0.3, -0.25) is 4.21 Å². The van der Waals surface area contributed by atoms with E-state index >= 15 is 0 Å². The Morgan fingerprint density at radius 1 is 0.833 bits per heavy atom. The second kappa shape index (κ2) is 6.44. The molecule has 1 atom stereocenters. The van der Waals surface area contributed by atoms with Crippen LogP contribution in [-0.2, 0) is 24.4 Å². The second-order valence-electron chi connectivity index (χ2n) is 3.99. The monoisotopic (exact) mass is 260 g/mol. The molecule has 18 heavy (non-hydrogen) atoms. The summed E-state index contributed by atoms with van der Waals surface area (Å²) in [6.07, 6.45) is 0. The van der Waals surface area contributed by atoms with E-state index in [0.717, 1.165) is 11.1 Å². The Bertz CT molecular complexity index is 460. The van der Waals surface area contributed by atoms with E-state index in [-0.39, 0.29) is 0 Å². The molecule has 2 aromatic carbocycles. The van der Waals surface area contributed by atoms with Crippen molar-refractivity contribution in [3.63, 3.8) is 0 Å².